The van der Waals surface area contributed by atoms with Crippen molar-refractivity contribution in [2.75, 3.05) is 32.7 Å². The molecule has 0 unspecified atom stereocenters. The van der Waals surface area contributed by atoms with Gasteiger partial charge < -0.3 is 20.3 Å². The van der Waals surface area contributed by atoms with E-state index in [0.717, 1.165) is 19.3 Å². The second-order valence-corrected chi connectivity index (χ2v) is 6.36. The van der Waals surface area contributed by atoms with Gasteiger partial charge in [-0.1, -0.05) is 0 Å². The number of nitrogens with two attached hydrogens (primary N) is 1. The number of hydrogen-bond donors (Lipinski definition) is 1. The van der Waals surface area contributed by atoms with Gasteiger partial charge in [-0.05, 0) is 33.6 Å². The predicted molar refractivity (Wildman–Crippen MR) is 104 cm³/mol. The SMILES string of the molecule is C#CCCCCN=C(N)N1CCN(C(=O)OC(C)(C)C)CC1.I. The summed E-state index contributed by atoms with van der Waals surface area (Å²) in [4.78, 5) is 20.0. The van der Waals surface area contributed by atoms with Crippen LogP contribution < -0.4 is 5.73 Å². The molecule has 0 radical (unpaired) electrons. The zero-order chi connectivity index (χ0) is 16.6. The Kier molecular flexibility index (Phi) is 10.0. The summed E-state index contributed by atoms with van der Waals surface area (Å²) in [6, 6.07) is 0. The highest BCUT2D eigenvalue weighted by molar-refractivity contribution is 14.0. The van der Waals surface area contributed by atoms with E-state index in [1.807, 2.05) is 25.7 Å². The largest absolute Gasteiger partial charge is 0.444 e. The minimum Gasteiger partial charge on any atom is -0.444 e. The van der Waals surface area contributed by atoms with Crippen molar-refractivity contribution in [1.82, 2.24) is 9.80 Å². The lowest BCUT2D eigenvalue weighted by Gasteiger charge is -2.36. The third-order valence-corrected chi connectivity index (χ3v) is 3.26. The Bertz CT molecular complexity index is 432. The van der Waals surface area contributed by atoms with Crippen LogP contribution in [-0.2, 0) is 4.74 Å². The van der Waals surface area contributed by atoms with Crippen LogP contribution in [0, 0.1) is 12.3 Å². The first-order valence-electron chi connectivity index (χ1n) is 7.80. The summed E-state index contributed by atoms with van der Waals surface area (Å²) in [7, 11) is 0. The molecule has 0 bridgehead atoms. The van der Waals surface area contributed by atoms with E-state index >= 15 is 0 Å². The van der Waals surface area contributed by atoms with E-state index in [1.54, 1.807) is 4.90 Å². The van der Waals surface area contributed by atoms with Gasteiger partial charge in [0.15, 0.2) is 5.96 Å². The summed E-state index contributed by atoms with van der Waals surface area (Å²) in [6.07, 6.45) is 7.64. The molecule has 1 amide bonds. The first kappa shape index (κ1) is 21.8. The van der Waals surface area contributed by atoms with E-state index < -0.39 is 5.60 Å². The van der Waals surface area contributed by atoms with Gasteiger partial charge in [-0.15, -0.1) is 36.3 Å². The molecule has 0 aromatic heterocycles. The molecule has 0 atom stereocenters. The molecule has 1 fully saturated rings. The fourth-order valence-electron chi connectivity index (χ4n) is 2.08. The van der Waals surface area contributed by atoms with Crippen LogP contribution in [-0.4, -0.2) is 60.2 Å². The van der Waals surface area contributed by atoms with E-state index in [4.69, 9.17) is 16.9 Å². The number of terminal acetylenes is 1. The fourth-order valence-corrected chi connectivity index (χ4v) is 2.08. The summed E-state index contributed by atoms with van der Waals surface area (Å²) in [5.74, 6) is 3.16. The van der Waals surface area contributed by atoms with Gasteiger partial charge in [-0.25, -0.2) is 4.79 Å². The van der Waals surface area contributed by atoms with Crippen molar-refractivity contribution in [1.29, 1.82) is 0 Å². The average Bonchev–Trinajstić information content (AvgIpc) is 2.45. The van der Waals surface area contributed by atoms with Crippen LogP contribution in [0.5, 0.6) is 0 Å². The molecule has 1 saturated heterocycles. The standard InChI is InChI=1S/C16H28N4O2.HI/c1-5-6-7-8-9-18-14(17)19-10-12-20(13-11-19)15(21)22-16(2,3)4;/h1H,6-13H2,2-4H3,(H2,17,18);1H. The van der Waals surface area contributed by atoms with E-state index in [2.05, 4.69) is 10.9 Å². The monoisotopic (exact) mass is 436 g/mol. The number of hydrogen-bond acceptors (Lipinski definition) is 3. The van der Waals surface area contributed by atoms with Crippen LogP contribution in [0.2, 0.25) is 0 Å². The summed E-state index contributed by atoms with van der Waals surface area (Å²) in [6.45, 7) is 8.85. The van der Waals surface area contributed by atoms with Crippen LogP contribution >= 0.6 is 24.0 Å². The van der Waals surface area contributed by atoms with Gasteiger partial charge in [-0.2, -0.15) is 0 Å². The van der Waals surface area contributed by atoms with Gasteiger partial charge in [0.05, 0.1) is 0 Å². The van der Waals surface area contributed by atoms with Crippen molar-refractivity contribution in [2.24, 2.45) is 10.7 Å². The van der Waals surface area contributed by atoms with Crippen LogP contribution in [0.1, 0.15) is 40.0 Å². The first-order valence-corrected chi connectivity index (χ1v) is 7.80. The molecule has 1 heterocycles. The van der Waals surface area contributed by atoms with E-state index in [9.17, 15) is 4.79 Å². The van der Waals surface area contributed by atoms with Crippen molar-refractivity contribution >= 4 is 36.0 Å². The average molecular weight is 436 g/mol. The number of carbonyl (C=O) groups excluding carboxylic acids is 1. The molecule has 23 heavy (non-hydrogen) atoms. The third kappa shape index (κ3) is 8.89. The van der Waals surface area contributed by atoms with Gasteiger partial charge >= 0.3 is 6.09 Å². The molecule has 0 aromatic rings. The number of guanidine groups is 1. The van der Waals surface area contributed by atoms with Crippen molar-refractivity contribution in [3.05, 3.63) is 0 Å². The highest BCUT2D eigenvalue weighted by Gasteiger charge is 2.26. The second kappa shape index (κ2) is 10.6. The Balaban J connectivity index is 0.00000484. The van der Waals surface area contributed by atoms with Crippen molar-refractivity contribution in [3.8, 4) is 12.3 Å². The minimum absolute atomic E-state index is 0. The smallest absolute Gasteiger partial charge is 0.410 e. The molecule has 132 valence electrons. The van der Waals surface area contributed by atoms with E-state index in [0.29, 0.717) is 38.7 Å². The van der Waals surface area contributed by atoms with Crippen molar-refractivity contribution < 1.29 is 9.53 Å². The summed E-state index contributed by atoms with van der Waals surface area (Å²) >= 11 is 0. The van der Waals surface area contributed by atoms with Crippen LogP contribution in [0.25, 0.3) is 0 Å². The molecule has 0 aliphatic carbocycles. The zero-order valence-electron chi connectivity index (χ0n) is 14.4. The van der Waals surface area contributed by atoms with E-state index in [1.165, 1.54) is 0 Å². The minimum atomic E-state index is -0.465. The molecule has 1 aliphatic heterocycles. The summed E-state index contributed by atoms with van der Waals surface area (Å²) in [5, 5.41) is 0. The van der Waals surface area contributed by atoms with Gasteiger partial charge in [0.25, 0.3) is 0 Å². The number of aliphatic imine (C=N–C) groups is 1. The lowest BCUT2D eigenvalue weighted by Crippen LogP contribution is -2.53. The molecule has 1 rings (SSSR count). The van der Waals surface area contributed by atoms with Crippen LogP contribution in [0.3, 0.4) is 0 Å². The molecular weight excluding hydrogens is 407 g/mol. The maximum Gasteiger partial charge on any atom is 0.410 e. The summed E-state index contributed by atoms with van der Waals surface area (Å²) in [5.41, 5.74) is 5.52. The Hall–Kier alpha value is -1.17. The Morgan fingerprint density at radius 2 is 1.78 bits per heavy atom. The van der Waals surface area contributed by atoms with E-state index in [-0.39, 0.29) is 30.1 Å². The number of nitrogens with zero attached hydrogens (tertiary/aromatic N) is 3. The first-order chi connectivity index (χ1) is 10.3. The molecule has 6 nitrogen and oxygen atoms in total. The normalized spacial score (nSPS) is 15.7. The predicted octanol–water partition coefficient (Wildman–Crippen LogP) is 2.28. The highest BCUT2D eigenvalue weighted by atomic mass is 127. The highest BCUT2D eigenvalue weighted by Crippen LogP contribution is 2.11. The molecule has 1 aliphatic rings. The summed E-state index contributed by atoms with van der Waals surface area (Å²) < 4.78 is 5.37. The third-order valence-electron chi connectivity index (χ3n) is 3.26. The Labute approximate surface area is 156 Å². The molecule has 0 saturated carbocycles. The lowest BCUT2D eigenvalue weighted by molar-refractivity contribution is 0.0186. The number of piperazine rings is 1. The fraction of sp³-hybridized carbons (Fsp3) is 0.750. The number of amides is 1. The second-order valence-electron chi connectivity index (χ2n) is 6.36. The molecule has 0 spiro atoms. The van der Waals surface area contributed by atoms with Crippen molar-refractivity contribution in [2.45, 2.75) is 45.6 Å². The lowest BCUT2D eigenvalue weighted by atomic mass is 10.2. The topological polar surface area (TPSA) is 71.2 Å². The number of rotatable bonds is 4. The Morgan fingerprint density at radius 3 is 2.30 bits per heavy atom. The van der Waals surface area contributed by atoms with Gasteiger partial charge in [0.1, 0.15) is 5.60 Å². The number of halogens is 1. The zero-order valence-corrected chi connectivity index (χ0v) is 16.7. The molecule has 7 heteroatoms. The van der Waals surface area contributed by atoms with Gasteiger partial charge in [0, 0.05) is 39.1 Å². The number of ether oxygens (including phenoxy) is 1. The van der Waals surface area contributed by atoms with Crippen molar-refractivity contribution in [3.63, 3.8) is 0 Å². The number of carbonyl (C=O) groups is 1. The molecular formula is C16H29IN4O2. The quantitative estimate of drug-likeness (QED) is 0.241. The van der Waals surface area contributed by atoms with Gasteiger partial charge in [-0.3, -0.25) is 4.99 Å². The maximum absolute atomic E-state index is 12.0. The maximum atomic E-state index is 12.0. The van der Waals surface area contributed by atoms with Crippen LogP contribution in [0.4, 0.5) is 4.79 Å². The van der Waals surface area contributed by atoms with Gasteiger partial charge in [0.2, 0.25) is 0 Å². The number of unbranched alkanes of at least 4 members (excludes halogenated alkanes) is 2. The van der Waals surface area contributed by atoms with Crippen LogP contribution in [0.15, 0.2) is 4.99 Å². The molecule has 2 N–H and O–H groups in total. The Morgan fingerprint density at radius 1 is 1.22 bits per heavy atom. The molecule has 0 aromatic carbocycles.